The third-order valence-corrected chi connectivity index (χ3v) is 4.06. The number of nitrogens with zero attached hydrogens (tertiary/aromatic N) is 2. The van der Waals surface area contributed by atoms with Gasteiger partial charge in [0.25, 0.3) is 0 Å². The molecule has 0 aromatic carbocycles. The summed E-state index contributed by atoms with van der Waals surface area (Å²) in [7, 11) is 0. The van der Waals surface area contributed by atoms with Crippen molar-refractivity contribution in [1.82, 2.24) is 14.5 Å². The van der Waals surface area contributed by atoms with Crippen LogP contribution >= 0.6 is 12.2 Å². The van der Waals surface area contributed by atoms with E-state index >= 15 is 0 Å². The molecule has 1 saturated carbocycles. The molecule has 90 valence electrons. The predicted octanol–water partition coefficient (Wildman–Crippen LogP) is 3.59. The first-order valence-electron chi connectivity index (χ1n) is 6.30. The van der Waals surface area contributed by atoms with Gasteiger partial charge in [-0.2, -0.15) is 0 Å². The average molecular weight is 247 g/mol. The molecular weight excluding hydrogens is 230 g/mol. The Morgan fingerprint density at radius 2 is 2.29 bits per heavy atom. The minimum Gasteiger partial charge on any atom is -0.329 e. The molecular formula is C13H17N3S. The van der Waals surface area contributed by atoms with Crippen LogP contribution in [0.3, 0.4) is 0 Å². The zero-order valence-corrected chi connectivity index (χ0v) is 10.9. The smallest absolute Gasteiger partial charge is 0.179 e. The highest BCUT2D eigenvalue weighted by Crippen LogP contribution is 2.30. The number of aromatic nitrogens is 3. The maximum absolute atomic E-state index is 5.37. The summed E-state index contributed by atoms with van der Waals surface area (Å²) in [5, 5.41) is 0. The van der Waals surface area contributed by atoms with Gasteiger partial charge in [-0.1, -0.05) is 19.3 Å². The van der Waals surface area contributed by atoms with Gasteiger partial charge < -0.3 is 9.55 Å². The summed E-state index contributed by atoms with van der Waals surface area (Å²) < 4.78 is 2.95. The molecule has 3 rings (SSSR count). The number of hydrogen-bond donors (Lipinski definition) is 1. The molecule has 1 N–H and O–H groups in total. The topological polar surface area (TPSA) is 33.6 Å². The first-order valence-corrected chi connectivity index (χ1v) is 6.71. The van der Waals surface area contributed by atoms with Crippen molar-refractivity contribution in [3.63, 3.8) is 0 Å². The summed E-state index contributed by atoms with van der Waals surface area (Å²) in [6.45, 7) is 3.02. The van der Waals surface area contributed by atoms with E-state index in [1.807, 2.05) is 13.0 Å². The van der Waals surface area contributed by atoms with Gasteiger partial charge in [-0.3, -0.25) is 0 Å². The lowest BCUT2D eigenvalue weighted by Gasteiger charge is -2.25. The molecule has 1 aliphatic rings. The van der Waals surface area contributed by atoms with Crippen LogP contribution in [-0.2, 0) is 6.54 Å². The molecule has 1 fully saturated rings. The molecule has 0 bridgehead atoms. The predicted molar refractivity (Wildman–Crippen MR) is 71.6 cm³/mol. The van der Waals surface area contributed by atoms with Crippen LogP contribution in [0.5, 0.6) is 0 Å². The number of pyridine rings is 1. The first kappa shape index (κ1) is 11.0. The summed E-state index contributed by atoms with van der Waals surface area (Å²) in [5.74, 6) is 0.909. The summed E-state index contributed by atoms with van der Waals surface area (Å²) in [6, 6.07) is 4.08. The van der Waals surface area contributed by atoms with E-state index in [9.17, 15) is 0 Å². The van der Waals surface area contributed by atoms with E-state index in [2.05, 4.69) is 20.6 Å². The summed E-state index contributed by atoms with van der Waals surface area (Å²) in [5.41, 5.74) is 3.10. The third kappa shape index (κ3) is 2.02. The molecule has 4 heteroatoms. The lowest BCUT2D eigenvalue weighted by Crippen LogP contribution is -2.14. The van der Waals surface area contributed by atoms with Gasteiger partial charge in [-0.25, -0.2) is 4.98 Å². The molecule has 0 atom stereocenters. The van der Waals surface area contributed by atoms with Crippen LogP contribution in [0.1, 0.15) is 31.4 Å². The third-order valence-electron chi connectivity index (χ3n) is 3.74. The van der Waals surface area contributed by atoms with Gasteiger partial charge in [0.05, 0.1) is 5.52 Å². The van der Waals surface area contributed by atoms with Gasteiger partial charge >= 0.3 is 0 Å². The zero-order chi connectivity index (χ0) is 11.8. The molecule has 2 aromatic heterocycles. The van der Waals surface area contributed by atoms with Gasteiger partial charge in [0.15, 0.2) is 10.4 Å². The van der Waals surface area contributed by atoms with Crippen LogP contribution in [0, 0.1) is 17.6 Å². The van der Waals surface area contributed by atoms with E-state index in [0.29, 0.717) is 0 Å². The van der Waals surface area contributed by atoms with E-state index in [0.717, 1.165) is 34.1 Å². The summed E-state index contributed by atoms with van der Waals surface area (Å²) >= 11 is 5.37. The monoisotopic (exact) mass is 247 g/mol. The Morgan fingerprint density at radius 3 is 3.00 bits per heavy atom. The SMILES string of the molecule is Cc1ccc2[nH]c(=S)n(CCC3CCC3)c2n1. The standard InChI is InChI=1S/C13H17N3S/c1-9-5-6-11-12(14-9)16(13(17)15-11)8-7-10-3-2-4-10/h5-6,10H,2-4,7-8H2,1H3,(H,15,17). The minimum atomic E-state index is 0.803. The Balaban J connectivity index is 1.93. The van der Waals surface area contributed by atoms with Crippen LogP contribution in [0.4, 0.5) is 0 Å². The van der Waals surface area contributed by atoms with Crippen molar-refractivity contribution in [1.29, 1.82) is 0 Å². The van der Waals surface area contributed by atoms with Crippen molar-refractivity contribution in [2.24, 2.45) is 5.92 Å². The maximum Gasteiger partial charge on any atom is 0.179 e. The quantitative estimate of drug-likeness (QED) is 0.841. The van der Waals surface area contributed by atoms with Crippen LogP contribution in [-0.4, -0.2) is 14.5 Å². The van der Waals surface area contributed by atoms with Gasteiger partial charge in [-0.15, -0.1) is 0 Å². The number of H-pyrrole nitrogens is 1. The summed E-state index contributed by atoms with van der Waals surface area (Å²) in [4.78, 5) is 7.81. The molecule has 0 radical (unpaired) electrons. The molecule has 1 aliphatic carbocycles. The van der Waals surface area contributed by atoms with Crippen LogP contribution in [0.15, 0.2) is 12.1 Å². The molecule has 0 saturated heterocycles. The van der Waals surface area contributed by atoms with Crippen molar-refractivity contribution < 1.29 is 0 Å². The fourth-order valence-electron chi connectivity index (χ4n) is 2.43. The Kier molecular flexibility index (Phi) is 2.74. The van der Waals surface area contributed by atoms with Crippen molar-refractivity contribution >= 4 is 23.4 Å². The van der Waals surface area contributed by atoms with Crippen LogP contribution < -0.4 is 0 Å². The number of fused-ring (bicyclic) bond motifs is 1. The van der Waals surface area contributed by atoms with Gasteiger partial charge in [-0.05, 0) is 43.6 Å². The second-order valence-corrected chi connectivity index (χ2v) is 5.38. The molecule has 17 heavy (non-hydrogen) atoms. The van der Waals surface area contributed by atoms with E-state index < -0.39 is 0 Å². The lowest BCUT2D eigenvalue weighted by molar-refractivity contribution is 0.283. The van der Waals surface area contributed by atoms with Crippen molar-refractivity contribution in [2.45, 2.75) is 39.2 Å². The normalized spacial score (nSPS) is 16.3. The van der Waals surface area contributed by atoms with Crippen molar-refractivity contribution in [3.8, 4) is 0 Å². The van der Waals surface area contributed by atoms with Gasteiger partial charge in [0.1, 0.15) is 0 Å². The second-order valence-electron chi connectivity index (χ2n) is 4.99. The lowest BCUT2D eigenvalue weighted by atomic mass is 9.83. The fourth-order valence-corrected chi connectivity index (χ4v) is 2.71. The van der Waals surface area contributed by atoms with Gasteiger partial charge in [0, 0.05) is 12.2 Å². The second kappa shape index (κ2) is 4.26. The largest absolute Gasteiger partial charge is 0.329 e. The molecule has 0 spiro atoms. The zero-order valence-electron chi connectivity index (χ0n) is 10.1. The number of rotatable bonds is 3. The molecule has 2 aromatic rings. The minimum absolute atomic E-state index is 0.803. The van der Waals surface area contributed by atoms with E-state index in [1.54, 1.807) is 0 Å². The Morgan fingerprint density at radius 1 is 1.47 bits per heavy atom. The highest BCUT2D eigenvalue weighted by molar-refractivity contribution is 7.71. The summed E-state index contributed by atoms with van der Waals surface area (Å²) in [6.07, 6.45) is 5.42. The highest BCUT2D eigenvalue weighted by atomic mass is 32.1. The van der Waals surface area contributed by atoms with E-state index in [1.165, 1.54) is 25.7 Å². The average Bonchev–Trinajstić information content (AvgIpc) is 2.53. The molecule has 0 amide bonds. The fraction of sp³-hybridized carbons (Fsp3) is 0.538. The number of aryl methyl sites for hydroxylation is 2. The Hall–Kier alpha value is -1.16. The number of imidazole rings is 1. The molecule has 0 aliphatic heterocycles. The number of nitrogens with one attached hydrogen (secondary N) is 1. The first-order chi connectivity index (χ1) is 8.24. The molecule has 0 unspecified atom stereocenters. The molecule has 2 heterocycles. The number of hydrogen-bond acceptors (Lipinski definition) is 2. The van der Waals surface area contributed by atoms with Gasteiger partial charge in [0.2, 0.25) is 0 Å². The Labute approximate surface area is 106 Å². The van der Waals surface area contributed by atoms with Crippen LogP contribution in [0.2, 0.25) is 0 Å². The molecule has 3 nitrogen and oxygen atoms in total. The maximum atomic E-state index is 5.37. The Bertz CT molecular complexity index is 592. The van der Waals surface area contributed by atoms with E-state index in [4.69, 9.17) is 12.2 Å². The highest BCUT2D eigenvalue weighted by Gasteiger charge is 2.17. The van der Waals surface area contributed by atoms with Crippen LogP contribution in [0.25, 0.3) is 11.2 Å². The number of aromatic amines is 1. The van der Waals surface area contributed by atoms with E-state index in [-0.39, 0.29) is 0 Å². The van der Waals surface area contributed by atoms with Crippen molar-refractivity contribution in [3.05, 3.63) is 22.6 Å². The van der Waals surface area contributed by atoms with Crippen molar-refractivity contribution in [2.75, 3.05) is 0 Å².